The van der Waals surface area contributed by atoms with Gasteiger partial charge in [0.25, 0.3) is 0 Å². The molecule has 2 N–H and O–H groups in total. The van der Waals surface area contributed by atoms with Gasteiger partial charge >= 0.3 is 0 Å². The molecule has 0 saturated heterocycles. The number of nitrogens with one attached hydrogen (secondary N) is 2. The van der Waals surface area contributed by atoms with E-state index in [9.17, 15) is 13.2 Å². The van der Waals surface area contributed by atoms with Gasteiger partial charge < -0.3 is 10.6 Å². The minimum Gasteiger partial charge on any atom is -0.362 e. The van der Waals surface area contributed by atoms with Crippen LogP contribution in [0.25, 0.3) is 0 Å². The fourth-order valence-electron chi connectivity index (χ4n) is 1.95. The third kappa shape index (κ3) is 5.72. The molecule has 0 aliphatic heterocycles. The number of halogens is 3. The van der Waals surface area contributed by atoms with Crippen LogP contribution in [0.15, 0.2) is 42.5 Å². The maximum absolute atomic E-state index is 13.5. The highest BCUT2D eigenvalue weighted by Crippen LogP contribution is 2.18. The van der Waals surface area contributed by atoms with Gasteiger partial charge in [-0.05, 0) is 48.2 Å². The van der Waals surface area contributed by atoms with Gasteiger partial charge in [0.05, 0.1) is 0 Å². The molecule has 0 heterocycles. The number of rotatable bonds is 7. The second-order valence-electron chi connectivity index (χ2n) is 4.98. The van der Waals surface area contributed by atoms with Crippen LogP contribution in [0, 0.1) is 17.5 Å². The smallest absolute Gasteiger partial charge is 0.170 e. The number of para-hydroxylation sites is 1. The standard InChI is InChI=1S/C17H17F3N2S2/c18-13-6-2-1-5-12(13)11-24-10-4-9-21-17(23)22-16-14(19)7-3-8-15(16)20/h1-3,5-8H,4,9-11H2,(H2,21,22,23). The number of hydrogen-bond acceptors (Lipinski definition) is 2. The molecule has 0 bridgehead atoms. The summed E-state index contributed by atoms with van der Waals surface area (Å²) in [6, 6.07) is 10.3. The van der Waals surface area contributed by atoms with Gasteiger partial charge in [0.15, 0.2) is 5.11 Å². The Morgan fingerprint density at radius 3 is 2.33 bits per heavy atom. The molecule has 2 nitrogen and oxygen atoms in total. The van der Waals surface area contributed by atoms with Crippen LogP contribution in [-0.4, -0.2) is 17.4 Å². The van der Waals surface area contributed by atoms with Gasteiger partial charge in [-0.3, -0.25) is 0 Å². The number of thiocarbonyl (C=S) groups is 1. The lowest BCUT2D eigenvalue weighted by molar-refractivity contribution is 0.591. The molecule has 0 unspecified atom stereocenters. The van der Waals surface area contributed by atoms with Crippen LogP contribution in [0.3, 0.4) is 0 Å². The molecule has 0 amide bonds. The summed E-state index contributed by atoms with van der Waals surface area (Å²) in [4.78, 5) is 0. The van der Waals surface area contributed by atoms with Crippen LogP contribution >= 0.6 is 24.0 Å². The van der Waals surface area contributed by atoms with Gasteiger partial charge in [0, 0.05) is 12.3 Å². The van der Waals surface area contributed by atoms with Gasteiger partial charge in [-0.2, -0.15) is 11.8 Å². The number of thioether (sulfide) groups is 1. The first-order chi connectivity index (χ1) is 11.6. The third-order valence-corrected chi connectivity index (χ3v) is 4.51. The molecule has 0 atom stereocenters. The van der Waals surface area contributed by atoms with Crippen LogP contribution in [0.4, 0.5) is 18.9 Å². The van der Waals surface area contributed by atoms with Gasteiger partial charge in [-0.25, -0.2) is 13.2 Å². The van der Waals surface area contributed by atoms with Gasteiger partial charge in [0.1, 0.15) is 23.1 Å². The summed E-state index contributed by atoms with van der Waals surface area (Å²) in [5, 5.41) is 5.58. The van der Waals surface area contributed by atoms with Crippen molar-refractivity contribution < 1.29 is 13.2 Å². The van der Waals surface area contributed by atoms with E-state index in [4.69, 9.17) is 12.2 Å². The first-order valence-corrected chi connectivity index (χ1v) is 8.94. The molecule has 24 heavy (non-hydrogen) atoms. The van der Waals surface area contributed by atoms with Crippen molar-refractivity contribution in [3.63, 3.8) is 0 Å². The highest BCUT2D eigenvalue weighted by molar-refractivity contribution is 7.98. The molecular weight excluding hydrogens is 353 g/mol. The maximum atomic E-state index is 13.5. The fraction of sp³-hybridized carbons (Fsp3) is 0.235. The summed E-state index contributed by atoms with van der Waals surface area (Å²) >= 11 is 6.63. The van der Waals surface area contributed by atoms with E-state index in [1.54, 1.807) is 23.9 Å². The summed E-state index contributed by atoms with van der Waals surface area (Å²) in [7, 11) is 0. The van der Waals surface area contributed by atoms with E-state index in [0.29, 0.717) is 17.9 Å². The normalized spacial score (nSPS) is 10.5. The molecule has 0 aliphatic carbocycles. The first kappa shape index (κ1) is 18.6. The van der Waals surface area contributed by atoms with Crippen LogP contribution in [0.5, 0.6) is 0 Å². The van der Waals surface area contributed by atoms with Crippen LogP contribution in [0.1, 0.15) is 12.0 Å². The summed E-state index contributed by atoms with van der Waals surface area (Å²) in [6.45, 7) is 0.562. The summed E-state index contributed by atoms with van der Waals surface area (Å²) in [5.74, 6) is -0.159. The summed E-state index contributed by atoms with van der Waals surface area (Å²) in [5.41, 5.74) is 0.423. The van der Waals surface area contributed by atoms with Gasteiger partial charge in [-0.15, -0.1) is 0 Å². The van der Waals surface area contributed by atoms with Crippen molar-refractivity contribution in [1.82, 2.24) is 5.32 Å². The Kier molecular flexibility index (Phi) is 7.39. The average Bonchev–Trinajstić information content (AvgIpc) is 2.56. The van der Waals surface area contributed by atoms with Gasteiger partial charge in [-0.1, -0.05) is 24.3 Å². The Morgan fingerprint density at radius 2 is 1.62 bits per heavy atom. The molecule has 0 saturated carbocycles. The van der Waals surface area contributed by atoms with Crippen molar-refractivity contribution in [2.45, 2.75) is 12.2 Å². The molecule has 2 aromatic carbocycles. The van der Waals surface area contributed by atoms with E-state index < -0.39 is 11.6 Å². The number of hydrogen-bond donors (Lipinski definition) is 2. The Balaban J connectivity index is 1.64. The molecule has 0 radical (unpaired) electrons. The molecule has 128 valence electrons. The average molecular weight is 370 g/mol. The van der Waals surface area contributed by atoms with E-state index in [1.807, 2.05) is 6.07 Å². The molecule has 0 fully saturated rings. The molecular formula is C17H17F3N2S2. The first-order valence-electron chi connectivity index (χ1n) is 7.38. The molecule has 2 rings (SSSR count). The lowest BCUT2D eigenvalue weighted by Crippen LogP contribution is -2.30. The summed E-state index contributed by atoms with van der Waals surface area (Å²) < 4.78 is 40.4. The Hall–Kier alpha value is -1.73. The highest BCUT2D eigenvalue weighted by Gasteiger charge is 2.09. The van der Waals surface area contributed by atoms with Crippen molar-refractivity contribution in [3.8, 4) is 0 Å². The van der Waals surface area contributed by atoms with Crippen LogP contribution in [-0.2, 0) is 5.75 Å². The van der Waals surface area contributed by atoms with E-state index in [1.165, 1.54) is 12.1 Å². The van der Waals surface area contributed by atoms with Crippen molar-refractivity contribution in [1.29, 1.82) is 0 Å². The highest BCUT2D eigenvalue weighted by atomic mass is 32.2. The zero-order chi connectivity index (χ0) is 17.4. The Morgan fingerprint density at radius 1 is 0.958 bits per heavy atom. The van der Waals surface area contributed by atoms with Crippen LogP contribution in [0.2, 0.25) is 0 Å². The van der Waals surface area contributed by atoms with E-state index in [-0.39, 0.29) is 16.6 Å². The van der Waals surface area contributed by atoms with E-state index in [0.717, 1.165) is 24.3 Å². The second-order valence-corrected chi connectivity index (χ2v) is 6.49. The molecule has 0 aliphatic rings. The number of benzene rings is 2. The third-order valence-electron chi connectivity index (χ3n) is 3.17. The van der Waals surface area contributed by atoms with Crippen molar-refractivity contribution in [3.05, 3.63) is 65.5 Å². The predicted octanol–water partition coefficient (Wildman–Crippen LogP) is 4.71. The Bertz CT molecular complexity index is 675. The summed E-state index contributed by atoms with van der Waals surface area (Å²) in [6.07, 6.45) is 0.792. The second kappa shape index (κ2) is 9.54. The minimum atomic E-state index is -0.695. The monoisotopic (exact) mass is 370 g/mol. The molecule has 7 heteroatoms. The fourth-order valence-corrected chi connectivity index (χ4v) is 3.10. The Labute approximate surface area is 148 Å². The van der Waals surface area contributed by atoms with E-state index in [2.05, 4.69) is 10.6 Å². The SMILES string of the molecule is Fc1ccccc1CSCCCNC(=S)Nc1c(F)cccc1F. The van der Waals surface area contributed by atoms with E-state index >= 15 is 0 Å². The van der Waals surface area contributed by atoms with Crippen molar-refractivity contribution >= 4 is 34.8 Å². The topological polar surface area (TPSA) is 24.1 Å². The van der Waals surface area contributed by atoms with Crippen molar-refractivity contribution in [2.75, 3.05) is 17.6 Å². The predicted molar refractivity (Wildman–Crippen MR) is 97.8 cm³/mol. The quantitative estimate of drug-likeness (QED) is 0.544. The van der Waals surface area contributed by atoms with Gasteiger partial charge in [0.2, 0.25) is 0 Å². The minimum absolute atomic E-state index is 0.165. The zero-order valence-electron chi connectivity index (χ0n) is 12.8. The molecule has 0 spiro atoms. The lowest BCUT2D eigenvalue weighted by Gasteiger charge is -2.11. The molecule has 0 aromatic heterocycles. The zero-order valence-corrected chi connectivity index (χ0v) is 14.5. The largest absolute Gasteiger partial charge is 0.362 e. The van der Waals surface area contributed by atoms with Crippen LogP contribution < -0.4 is 10.6 Å². The lowest BCUT2D eigenvalue weighted by atomic mass is 10.2. The number of anilines is 1. The maximum Gasteiger partial charge on any atom is 0.170 e. The molecule has 2 aromatic rings. The van der Waals surface area contributed by atoms with Crippen molar-refractivity contribution in [2.24, 2.45) is 0 Å².